The summed E-state index contributed by atoms with van der Waals surface area (Å²) in [5, 5.41) is 3.48. The molecule has 3 rings (SSSR count). The summed E-state index contributed by atoms with van der Waals surface area (Å²) >= 11 is 0. The highest BCUT2D eigenvalue weighted by molar-refractivity contribution is 14.0. The molecule has 150 valence electrons. The topological polar surface area (TPSA) is 47.9 Å². The van der Waals surface area contributed by atoms with E-state index >= 15 is 0 Å². The smallest absolute Gasteiger partial charge is 0.222 e. The van der Waals surface area contributed by atoms with Crippen LogP contribution in [0.5, 0.6) is 0 Å². The second-order valence-electron chi connectivity index (χ2n) is 8.16. The number of aliphatic imine (C=N–C) groups is 1. The van der Waals surface area contributed by atoms with Crippen molar-refractivity contribution >= 4 is 35.8 Å². The second-order valence-corrected chi connectivity index (χ2v) is 8.16. The first-order chi connectivity index (χ1) is 12.2. The van der Waals surface area contributed by atoms with E-state index in [-0.39, 0.29) is 24.0 Å². The normalized spacial score (nSPS) is 23.3. The van der Waals surface area contributed by atoms with Crippen molar-refractivity contribution < 1.29 is 4.79 Å². The van der Waals surface area contributed by atoms with Gasteiger partial charge in [0.25, 0.3) is 0 Å². The number of hydrogen-bond donors (Lipinski definition) is 1. The molecule has 5 nitrogen and oxygen atoms in total. The highest BCUT2D eigenvalue weighted by atomic mass is 127. The van der Waals surface area contributed by atoms with Gasteiger partial charge in [-0.25, -0.2) is 0 Å². The van der Waals surface area contributed by atoms with Gasteiger partial charge in [0, 0.05) is 45.7 Å². The number of carbonyl (C=O) groups excluding carboxylic acids is 1. The van der Waals surface area contributed by atoms with Crippen molar-refractivity contribution in [3.05, 3.63) is 0 Å². The molecule has 0 bridgehead atoms. The maximum atomic E-state index is 12.1. The predicted molar refractivity (Wildman–Crippen MR) is 118 cm³/mol. The van der Waals surface area contributed by atoms with Crippen LogP contribution in [-0.2, 0) is 4.79 Å². The van der Waals surface area contributed by atoms with Gasteiger partial charge in [-0.2, -0.15) is 0 Å². The van der Waals surface area contributed by atoms with Crippen LogP contribution in [0.4, 0.5) is 0 Å². The molecule has 1 spiro atoms. The van der Waals surface area contributed by atoms with Gasteiger partial charge in [0.05, 0.1) is 0 Å². The lowest BCUT2D eigenvalue weighted by atomic mass is 9.86. The van der Waals surface area contributed by atoms with Gasteiger partial charge in [-0.1, -0.05) is 19.3 Å². The Morgan fingerprint density at radius 1 is 1.12 bits per heavy atom. The van der Waals surface area contributed by atoms with Crippen molar-refractivity contribution in [1.29, 1.82) is 0 Å². The summed E-state index contributed by atoms with van der Waals surface area (Å²) in [6, 6.07) is 0. The summed E-state index contributed by atoms with van der Waals surface area (Å²) in [5.41, 5.74) is 0.578. The Kier molecular flexibility index (Phi) is 8.97. The van der Waals surface area contributed by atoms with Crippen molar-refractivity contribution in [3.63, 3.8) is 0 Å². The maximum Gasteiger partial charge on any atom is 0.222 e. The lowest BCUT2D eigenvalue weighted by Crippen LogP contribution is -2.41. The fourth-order valence-corrected chi connectivity index (χ4v) is 4.80. The number of nitrogens with one attached hydrogen (secondary N) is 1. The standard InChI is InChI=1S/C20H36N4O.HI/c1-2-21-19(24-16-12-20(17-24)10-5-6-11-20)22-13-8-15-23-14-7-3-4-9-18(23)25;/h2-17H2,1H3,(H,21,22);1H. The Morgan fingerprint density at radius 3 is 2.69 bits per heavy atom. The third kappa shape index (κ3) is 5.73. The largest absolute Gasteiger partial charge is 0.357 e. The Hall–Kier alpha value is -0.530. The third-order valence-corrected chi connectivity index (χ3v) is 6.26. The highest BCUT2D eigenvalue weighted by Gasteiger charge is 2.41. The average molecular weight is 476 g/mol. The third-order valence-electron chi connectivity index (χ3n) is 6.26. The molecule has 0 aromatic rings. The van der Waals surface area contributed by atoms with E-state index in [0.717, 1.165) is 64.4 Å². The van der Waals surface area contributed by atoms with E-state index in [2.05, 4.69) is 22.0 Å². The second kappa shape index (κ2) is 10.7. The molecule has 1 aliphatic carbocycles. The maximum absolute atomic E-state index is 12.1. The molecule has 0 radical (unpaired) electrons. The summed E-state index contributed by atoms with van der Waals surface area (Å²) < 4.78 is 0. The molecule has 0 aromatic carbocycles. The zero-order valence-corrected chi connectivity index (χ0v) is 18.8. The Bertz CT molecular complexity index is 476. The number of hydrogen-bond acceptors (Lipinski definition) is 2. The van der Waals surface area contributed by atoms with Crippen LogP contribution in [0.2, 0.25) is 0 Å². The fourth-order valence-electron chi connectivity index (χ4n) is 4.80. The fraction of sp³-hybridized carbons (Fsp3) is 0.900. The molecule has 2 aliphatic heterocycles. The van der Waals surface area contributed by atoms with Crippen molar-refractivity contribution in [3.8, 4) is 0 Å². The van der Waals surface area contributed by atoms with E-state index in [1.807, 2.05) is 0 Å². The van der Waals surface area contributed by atoms with E-state index in [4.69, 9.17) is 4.99 Å². The molecule has 6 heteroatoms. The molecule has 2 heterocycles. The minimum Gasteiger partial charge on any atom is -0.357 e. The Balaban J connectivity index is 0.00000243. The first-order valence-electron chi connectivity index (χ1n) is 10.5. The molecule has 2 saturated heterocycles. The first kappa shape index (κ1) is 21.8. The van der Waals surface area contributed by atoms with Gasteiger partial charge in [-0.05, 0) is 50.9 Å². The van der Waals surface area contributed by atoms with Crippen LogP contribution in [0.15, 0.2) is 4.99 Å². The van der Waals surface area contributed by atoms with Crippen molar-refractivity contribution in [2.24, 2.45) is 10.4 Å². The SMILES string of the molecule is CCNC(=NCCCN1CCCCCC1=O)N1CCC2(CCCC2)C1.I. The van der Waals surface area contributed by atoms with Gasteiger partial charge in [0.15, 0.2) is 5.96 Å². The molecule has 1 saturated carbocycles. The molecule has 3 aliphatic rings. The van der Waals surface area contributed by atoms with E-state index in [1.165, 1.54) is 45.1 Å². The van der Waals surface area contributed by atoms with Gasteiger partial charge in [0.2, 0.25) is 5.91 Å². The van der Waals surface area contributed by atoms with Crippen LogP contribution in [0.3, 0.4) is 0 Å². The van der Waals surface area contributed by atoms with Crippen molar-refractivity contribution in [2.75, 3.05) is 39.3 Å². The van der Waals surface area contributed by atoms with Crippen LogP contribution in [0, 0.1) is 5.41 Å². The van der Waals surface area contributed by atoms with Gasteiger partial charge in [-0.3, -0.25) is 9.79 Å². The first-order valence-corrected chi connectivity index (χ1v) is 10.5. The quantitative estimate of drug-likeness (QED) is 0.285. The van der Waals surface area contributed by atoms with Crippen molar-refractivity contribution in [2.45, 2.75) is 71.1 Å². The summed E-state index contributed by atoms with van der Waals surface area (Å²) in [7, 11) is 0. The van der Waals surface area contributed by atoms with Gasteiger partial charge in [-0.15, -0.1) is 24.0 Å². The van der Waals surface area contributed by atoms with Gasteiger partial charge < -0.3 is 15.1 Å². The highest BCUT2D eigenvalue weighted by Crippen LogP contribution is 2.45. The predicted octanol–water partition coefficient (Wildman–Crippen LogP) is 3.63. The number of rotatable bonds is 5. The molecular weight excluding hydrogens is 439 g/mol. The zero-order chi connectivity index (χ0) is 17.5. The molecule has 0 unspecified atom stereocenters. The molecule has 3 fully saturated rings. The van der Waals surface area contributed by atoms with Crippen molar-refractivity contribution in [1.82, 2.24) is 15.1 Å². The summed E-state index contributed by atoms with van der Waals surface area (Å²) in [5.74, 6) is 1.43. The minimum absolute atomic E-state index is 0. The van der Waals surface area contributed by atoms with Gasteiger partial charge in [0.1, 0.15) is 0 Å². The lowest BCUT2D eigenvalue weighted by molar-refractivity contribution is -0.130. The molecular formula is C20H37IN4O. The van der Waals surface area contributed by atoms with Crippen LogP contribution < -0.4 is 5.32 Å². The molecule has 0 aromatic heterocycles. The van der Waals surface area contributed by atoms with E-state index in [9.17, 15) is 4.79 Å². The summed E-state index contributed by atoms with van der Waals surface area (Å²) in [6.45, 7) is 8.03. The van der Waals surface area contributed by atoms with Crippen LogP contribution in [0.1, 0.15) is 71.1 Å². The number of halogens is 1. The molecule has 26 heavy (non-hydrogen) atoms. The van der Waals surface area contributed by atoms with E-state index in [1.54, 1.807) is 0 Å². The van der Waals surface area contributed by atoms with Crippen LogP contribution in [0.25, 0.3) is 0 Å². The lowest BCUT2D eigenvalue weighted by Gasteiger charge is -2.26. The number of guanidine groups is 1. The molecule has 1 amide bonds. The van der Waals surface area contributed by atoms with E-state index < -0.39 is 0 Å². The minimum atomic E-state index is 0. The monoisotopic (exact) mass is 476 g/mol. The number of amides is 1. The average Bonchev–Trinajstić information content (AvgIpc) is 3.20. The Morgan fingerprint density at radius 2 is 1.92 bits per heavy atom. The summed E-state index contributed by atoms with van der Waals surface area (Å²) in [4.78, 5) is 21.5. The van der Waals surface area contributed by atoms with Gasteiger partial charge >= 0.3 is 0 Å². The number of nitrogens with zero attached hydrogens (tertiary/aromatic N) is 3. The summed E-state index contributed by atoms with van der Waals surface area (Å²) in [6.07, 6.45) is 12.1. The van der Waals surface area contributed by atoms with Crippen LogP contribution in [-0.4, -0.2) is 60.9 Å². The Labute approximate surface area is 176 Å². The molecule has 1 N–H and O–H groups in total. The number of carbonyl (C=O) groups is 1. The molecule has 0 atom stereocenters. The zero-order valence-electron chi connectivity index (χ0n) is 16.5. The van der Waals surface area contributed by atoms with Crippen LogP contribution >= 0.6 is 24.0 Å². The number of likely N-dealkylation sites (tertiary alicyclic amines) is 2. The van der Waals surface area contributed by atoms with E-state index in [0.29, 0.717) is 11.3 Å².